The average molecular weight is 332 g/mol. The maximum atomic E-state index is 12.4. The number of quaternary nitrogens is 1. The molecular formula is C18H21FN2O3. The zero-order chi connectivity index (χ0) is 17.4. The maximum Gasteiger partial charge on any atom is 0.142 e. The van der Waals surface area contributed by atoms with E-state index >= 15 is 0 Å². The summed E-state index contributed by atoms with van der Waals surface area (Å²) in [5.74, 6) is -1.27. The van der Waals surface area contributed by atoms with Gasteiger partial charge in [-0.05, 0) is 18.2 Å². The number of halogens is 1. The summed E-state index contributed by atoms with van der Waals surface area (Å²) in [5.41, 5.74) is 0.825. The standard InChI is InChI=1S/C11H16N2O.C7H5FO2/c1-14-11-5-3-2-4-10(11)13-8-6-12-7-9-13;8-6-4-2-1-3-5(6)7(9)10/h2-5,12H,6-9H2,1H3;1-4H,(H,9,10). The van der Waals surface area contributed by atoms with Crippen LogP contribution in [-0.4, -0.2) is 39.3 Å². The summed E-state index contributed by atoms with van der Waals surface area (Å²) >= 11 is 0. The van der Waals surface area contributed by atoms with E-state index < -0.39 is 17.3 Å². The van der Waals surface area contributed by atoms with Gasteiger partial charge in [0.15, 0.2) is 0 Å². The van der Waals surface area contributed by atoms with Crippen molar-refractivity contribution in [3.63, 3.8) is 0 Å². The van der Waals surface area contributed by atoms with E-state index in [0.29, 0.717) is 0 Å². The molecule has 1 fully saturated rings. The van der Waals surface area contributed by atoms with E-state index in [2.05, 4.69) is 22.3 Å². The Kier molecular flexibility index (Phi) is 6.57. The van der Waals surface area contributed by atoms with Crippen molar-refractivity contribution in [2.45, 2.75) is 0 Å². The predicted molar refractivity (Wildman–Crippen MR) is 87.6 cm³/mol. The topological polar surface area (TPSA) is 69.2 Å². The number of aromatic carboxylic acids is 1. The van der Waals surface area contributed by atoms with Crippen molar-refractivity contribution in [2.24, 2.45) is 0 Å². The number of carboxylic acids is 1. The number of methoxy groups -OCH3 is 1. The molecular weight excluding hydrogens is 311 g/mol. The molecule has 0 saturated carbocycles. The number of anilines is 1. The van der Waals surface area contributed by atoms with Gasteiger partial charge in [-0.15, -0.1) is 0 Å². The molecule has 0 radical (unpaired) electrons. The van der Waals surface area contributed by atoms with Gasteiger partial charge in [0.25, 0.3) is 0 Å². The molecule has 3 rings (SSSR count). The summed E-state index contributed by atoms with van der Waals surface area (Å²) in [7, 11) is 1.73. The van der Waals surface area contributed by atoms with Crippen molar-refractivity contribution < 1.29 is 24.3 Å². The summed E-state index contributed by atoms with van der Waals surface area (Å²) in [6.07, 6.45) is 0. The fraction of sp³-hybridized carbons (Fsp3) is 0.278. The minimum atomic E-state index is -1.49. The summed E-state index contributed by atoms with van der Waals surface area (Å²) in [5, 5.41) is 12.4. The molecule has 1 aliphatic heterocycles. The van der Waals surface area contributed by atoms with Crippen LogP contribution in [0.3, 0.4) is 0 Å². The van der Waals surface area contributed by atoms with Crippen LogP contribution in [0.25, 0.3) is 0 Å². The number of carbonyl (C=O) groups excluding carboxylic acids is 1. The molecule has 0 bridgehead atoms. The Bertz CT molecular complexity index is 673. The van der Waals surface area contributed by atoms with Crippen LogP contribution in [-0.2, 0) is 0 Å². The average Bonchev–Trinajstić information content (AvgIpc) is 2.63. The molecule has 0 aromatic heterocycles. The quantitative estimate of drug-likeness (QED) is 0.876. The number of carboxylic acid groups (broad SMARTS) is 1. The molecule has 2 aromatic carbocycles. The van der Waals surface area contributed by atoms with Crippen LogP contribution >= 0.6 is 0 Å². The number of rotatable bonds is 3. The lowest BCUT2D eigenvalue weighted by Crippen LogP contribution is -2.89. The number of hydrogen-bond donors (Lipinski definition) is 1. The molecule has 0 amide bonds. The van der Waals surface area contributed by atoms with Gasteiger partial charge in [-0.1, -0.05) is 30.3 Å². The first-order valence-electron chi connectivity index (χ1n) is 7.79. The van der Waals surface area contributed by atoms with Crippen LogP contribution < -0.4 is 20.1 Å². The lowest BCUT2D eigenvalue weighted by Gasteiger charge is -2.28. The van der Waals surface area contributed by atoms with Crippen molar-refractivity contribution in [3.8, 4) is 5.75 Å². The van der Waals surface area contributed by atoms with E-state index in [1.54, 1.807) is 7.11 Å². The SMILES string of the molecule is COc1ccccc1N1CC[NH2+]CC1.O=C([O-])c1ccccc1F. The number of piperazine rings is 1. The smallest absolute Gasteiger partial charge is 0.142 e. The Hall–Kier alpha value is -2.60. The fourth-order valence-corrected chi connectivity index (χ4v) is 2.51. The van der Waals surface area contributed by atoms with Crippen molar-refractivity contribution in [1.82, 2.24) is 0 Å². The Morgan fingerprint density at radius 3 is 2.33 bits per heavy atom. The van der Waals surface area contributed by atoms with Gasteiger partial charge in [-0.2, -0.15) is 0 Å². The first-order chi connectivity index (χ1) is 11.6. The van der Waals surface area contributed by atoms with Gasteiger partial charge < -0.3 is 24.9 Å². The first-order valence-corrected chi connectivity index (χ1v) is 7.79. The van der Waals surface area contributed by atoms with Crippen LogP contribution in [0.4, 0.5) is 10.1 Å². The maximum absolute atomic E-state index is 12.4. The van der Waals surface area contributed by atoms with E-state index in [9.17, 15) is 14.3 Å². The number of nitrogens with zero attached hydrogens (tertiary/aromatic N) is 1. The number of hydrogen-bond acceptors (Lipinski definition) is 4. The number of benzene rings is 2. The van der Waals surface area contributed by atoms with Crippen LogP contribution in [0.5, 0.6) is 5.75 Å². The third-order valence-electron chi connectivity index (χ3n) is 3.73. The summed E-state index contributed by atoms with van der Waals surface area (Å²) in [4.78, 5) is 12.5. The predicted octanol–water partition coefficient (Wildman–Crippen LogP) is 0.268. The lowest BCUT2D eigenvalue weighted by atomic mass is 10.2. The fourth-order valence-electron chi connectivity index (χ4n) is 2.51. The molecule has 0 aliphatic carbocycles. The molecule has 128 valence electrons. The number of nitrogens with two attached hydrogens (primary N) is 1. The first kappa shape index (κ1) is 17.7. The van der Waals surface area contributed by atoms with E-state index in [1.807, 2.05) is 12.1 Å². The van der Waals surface area contributed by atoms with Gasteiger partial charge in [-0.25, -0.2) is 4.39 Å². The van der Waals surface area contributed by atoms with E-state index in [0.717, 1.165) is 31.0 Å². The van der Waals surface area contributed by atoms with Gasteiger partial charge in [0, 0.05) is 5.56 Å². The molecule has 6 heteroatoms. The zero-order valence-electron chi connectivity index (χ0n) is 13.6. The van der Waals surface area contributed by atoms with E-state index in [1.165, 1.54) is 30.9 Å². The minimum Gasteiger partial charge on any atom is -0.545 e. The van der Waals surface area contributed by atoms with Crippen LogP contribution in [0.15, 0.2) is 48.5 Å². The van der Waals surface area contributed by atoms with E-state index in [-0.39, 0.29) is 0 Å². The highest BCUT2D eigenvalue weighted by atomic mass is 19.1. The second kappa shape index (κ2) is 8.88. The highest BCUT2D eigenvalue weighted by molar-refractivity contribution is 5.85. The Balaban J connectivity index is 0.000000185. The van der Waals surface area contributed by atoms with Crippen LogP contribution in [0.2, 0.25) is 0 Å². The summed E-state index contributed by atoms with van der Waals surface area (Å²) < 4.78 is 17.8. The molecule has 1 heterocycles. The van der Waals surface area contributed by atoms with Crippen molar-refractivity contribution in [3.05, 3.63) is 59.9 Å². The molecule has 2 aromatic rings. The molecule has 24 heavy (non-hydrogen) atoms. The summed E-state index contributed by atoms with van der Waals surface area (Å²) in [6, 6.07) is 13.3. The molecule has 1 aliphatic rings. The highest BCUT2D eigenvalue weighted by Crippen LogP contribution is 2.27. The molecule has 1 saturated heterocycles. The van der Waals surface area contributed by atoms with Crippen LogP contribution in [0, 0.1) is 5.82 Å². The summed E-state index contributed by atoms with van der Waals surface area (Å²) in [6.45, 7) is 4.58. The van der Waals surface area contributed by atoms with Gasteiger partial charge in [0.2, 0.25) is 0 Å². The van der Waals surface area contributed by atoms with E-state index in [4.69, 9.17) is 4.74 Å². The Morgan fingerprint density at radius 1 is 1.12 bits per heavy atom. The molecule has 2 N–H and O–H groups in total. The van der Waals surface area contributed by atoms with Crippen LogP contribution in [0.1, 0.15) is 10.4 Å². The monoisotopic (exact) mass is 332 g/mol. The molecule has 5 nitrogen and oxygen atoms in total. The number of ether oxygens (including phenoxy) is 1. The van der Waals surface area contributed by atoms with Crippen molar-refractivity contribution in [1.29, 1.82) is 0 Å². The number of para-hydroxylation sites is 2. The number of carbonyl (C=O) groups is 1. The Morgan fingerprint density at radius 2 is 1.75 bits per heavy atom. The Labute approximate surface area is 140 Å². The third-order valence-corrected chi connectivity index (χ3v) is 3.73. The largest absolute Gasteiger partial charge is 0.545 e. The molecule has 0 spiro atoms. The highest BCUT2D eigenvalue weighted by Gasteiger charge is 2.15. The van der Waals surface area contributed by atoms with Gasteiger partial charge in [0.05, 0.1) is 44.9 Å². The molecule has 0 unspecified atom stereocenters. The van der Waals surface area contributed by atoms with Crippen molar-refractivity contribution >= 4 is 11.7 Å². The second-order valence-electron chi connectivity index (χ2n) is 5.29. The van der Waals surface area contributed by atoms with Crippen molar-refractivity contribution in [2.75, 3.05) is 38.2 Å². The zero-order valence-corrected chi connectivity index (χ0v) is 13.6. The van der Waals surface area contributed by atoms with Gasteiger partial charge >= 0.3 is 0 Å². The molecule has 0 atom stereocenters. The second-order valence-corrected chi connectivity index (χ2v) is 5.29. The normalized spacial score (nSPS) is 13.7. The minimum absolute atomic E-state index is 0.400. The van der Waals surface area contributed by atoms with Gasteiger partial charge in [0.1, 0.15) is 11.6 Å². The third kappa shape index (κ3) is 4.70. The lowest BCUT2D eigenvalue weighted by molar-refractivity contribution is -0.655. The van der Waals surface area contributed by atoms with Gasteiger partial charge in [-0.3, -0.25) is 0 Å².